The number of carbonyl (C=O) groups is 1. The van der Waals surface area contributed by atoms with Gasteiger partial charge >= 0.3 is 0 Å². The second-order valence-electron chi connectivity index (χ2n) is 6.68. The Morgan fingerprint density at radius 3 is 2.72 bits per heavy atom. The van der Waals surface area contributed by atoms with Crippen molar-refractivity contribution >= 4 is 23.2 Å². The number of anilines is 1. The molecule has 0 aliphatic heterocycles. The highest BCUT2D eigenvalue weighted by Gasteiger charge is 2.09. The van der Waals surface area contributed by atoms with E-state index in [0.29, 0.717) is 34.9 Å². The van der Waals surface area contributed by atoms with Crippen molar-refractivity contribution in [2.75, 3.05) is 5.32 Å². The molecule has 0 unspecified atom stereocenters. The third kappa shape index (κ3) is 5.34. The van der Waals surface area contributed by atoms with E-state index >= 15 is 0 Å². The van der Waals surface area contributed by atoms with Gasteiger partial charge in [0.25, 0.3) is 0 Å². The lowest BCUT2D eigenvalue weighted by Gasteiger charge is -2.11. The second-order valence-corrected chi connectivity index (χ2v) is 7.09. The molecule has 0 saturated heterocycles. The zero-order chi connectivity index (χ0) is 20.8. The first-order chi connectivity index (χ1) is 14.0. The molecule has 1 amide bonds. The summed E-state index contributed by atoms with van der Waals surface area (Å²) in [6, 6.07) is 16.5. The maximum Gasteiger partial charge on any atom is 0.237 e. The Morgan fingerprint density at radius 2 is 2.00 bits per heavy atom. The van der Waals surface area contributed by atoms with Crippen molar-refractivity contribution in [1.82, 2.24) is 4.98 Å². The third-order valence-corrected chi connectivity index (χ3v) is 4.86. The molecule has 29 heavy (non-hydrogen) atoms. The molecule has 1 aromatic heterocycles. The van der Waals surface area contributed by atoms with Crippen LogP contribution in [0.1, 0.15) is 28.7 Å². The van der Waals surface area contributed by atoms with Crippen LogP contribution in [0.4, 0.5) is 5.69 Å². The SMILES string of the molecule is Cc1ccc(CCC(=O)Nc2ccc(Oc3ncccc3C#N)cc2C)cc1Cl. The van der Waals surface area contributed by atoms with E-state index in [1.54, 1.807) is 36.5 Å². The lowest BCUT2D eigenvalue weighted by molar-refractivity contribution is -0.116. The standard InChI is InChI=1S/C23H20ClN3O2/c1-15-5-6-17(13-20(15)24)7-10-22(28)27-21-9-8-19(12-16(21)2)29-23-18(14-25)4-3-11-26-23/h3-6,8-9,11-13H,7,10H2,1-2H3,(H,27,28). The van der Waals surface area contributed by atoms with Crippen LogP contribution in [0.15, 0.2) is 54.7 Å². The minimum atomic E-state index is -0.0741. The first-order valence-corrected chi connectivity index (χ1v) is 9.52. The molecule has 3 aromatic rings. The molecule has 3 rings (SSSR count). The van der Waals surface area contributed by atoms with Gasteiger partial charge < -0.3 is 10.1 Å². The van der Waals surface area contributed by atoms with Crippen LogP contribution < -0.4 is 10.1 Å². The fraction of sp³-hybridized carbons (Fsp3) is 0.174. The summed E-state index contributed by atoms with van der Waals surface area (Å²) in [6.07, 6.45) is 2.54. The van der Waals surface area contributed by atoms with Gasteiger partial charge in [0.1, 0.15) is 17.4 Å². The van der Waals surface area contributed by atoms with Gasteiger partial charge in [0.2, 0.25) is 11.8 Å². The molecular formula is C23H20ClN3O2. The number of nitrogens with one attached hydrogen (secondary N) is 1. The van der Waals surface area contributed by atoms with E-state index in [1.807, 2.05) is 38.1 Å². The number of hydrogen-bond donors (Lipinski definition) is 1. The van der Waals surface area contributed by atoms with Crippen molar-refractivity contribution in [3.8, 4) is 17.7 Å². The van der Waals surface area contributed by atoms with Crippen LogP contribution in [0.25, 0.3) is 0 Å². The number of aromatic nitrogens is 1. The Hall–Kier alpha value is -3.36. The topological polar surface area (TPSA) is 75.0 Å². The van der Waals surface area contributed by atoms with Crippen LogP contribution in [0.3, 0.4) is 0 Å². The predicted octanol–water partition coefficient (Wildman–Crippen LogP) is 5.59. The monoisotopic (exact) mass is 405 g/mol. The summed E-state index contributed by atoms with van der Waals surface area (Å²) in [5, 5.41) is 12.8. The number of nitriles is 1. The maximum absolute atomic E-state index is 12.3. The molecule has 0 aliphatic carbocycles. The molecule has 5 nitrogen and oxygen atoms in total. The average Bonchev–Trinajstić information content (AvgIpc) is 2.71. The molecule has 0 radical (unpaired) electrons. The Balaban J connectivity index is 1.62. The van der Waals surface area contributed by atoms with Crippen LogP contribution >= 0.6 is 11.6 Å². The minimum Gasteiger partial charge on any atom is -0.438 e. The van der Waals surface area contributed by atoms with E-state index in [1.165, 1.54) is 0 Å². The number of aryl methyl sites for hydroxylation is 3. The minimum absolute atomic E-state index is 0.0741. The molecule has 0 fully saturated rings. The van der Waals surface area contributed by atoms with E-state index in [4.69, 9.17) is 21.6 Å². The second kappa shape index (κ2) is 9.22. The van der Waals surface area contributed by atoms with Gasteiger partial charge in [0, 0.05) is 23.3 Å². The number of hydrogen-bond acceptors (Lipinski definition) is 4. The van der Waals surface area contributed by atoms with Crippen molar-refractivity contribution in [3.05, 3.63) is 82.0 Å². The molecule has 0 spiro atoms. The Morgan fingerprint density at radius 1 is 1.17 bits per heavy atom. The van der Waals surface area contributed by atoms with Gasteiger partial charge in [0.15, 0.2) is 0 Å². The predicted molar refractivity (Wildman–Crippen MR) is 113 cm³/mol. The van der Waals surface area contributed by atoms with Gasteiger partial charge in [-0.3, -0.25) is 4.79 Å². The lowest BCUT2D eigenvalue weighted by Crippen LogP contribution is -2.13. The summed E-state index contributed by atoms with van der Waals surface area (Å²) in [7, 11) is 0. The van der Waals surface area contributed by atoms with Crippen LogP contribution in [0.2, 0.25) is 5.02 Å². The zero-order valence-corrected chi connectivity index (χ0v) is 17.0. The van der Waals surface area contributed by atoms with Gasteiger partial charge in [-0.05, 0) is 73.4 Å². The first-order valence-electron chi connectivity index (χ1n) is 9.15. The van der Waals surface area contributed by atoms with Crippen molar-refractivity contribution < 1.29 is 9.53 Å². The molecule has 0 saturated carbocycles. The summed E-state index contributed by atoms with van der Waals surface area (Å²) in [5.41, 5.74) is 3.97. The van der Waals surface area contributed by atoms with Crippen LogP contribution in [0, 0.1) is 25.2 Å². The molecule has 0 atom stereocenters. The average molecular weight is 406 g/mol. The quantitative estimate of drug-likeness (QED) is 0.580. The molecule has 1 heterocycles. The van der Waals surface area contributed by atoms with Gasteiger partial charge in [-0.25, -0.2) is 4.98 Å². The van der Waals surface area contributed by atoms with Gasteiger partial charge in [-0.2, -0.15) is 5.26 Å². The normalized spacial score (nSPS) is 10.3. The number of rotatable bonds is 6. The largest absolute Gasteiger partial charge is 0.438 e. The molecule has 6 heteroatoms. The van der Waals surface area contributed by atoms with Crippen molar-refractivity contribution in [3.63, 3.8) is 0 Å². The van der Waals surface area contributed by atoms with E-state index in [0.717, 1.165) is 16.7 Å². The van der Waals surface area contributed by atoms with Crippen molar-refractivity contribution in [2.24, 2.45) is 0 Å². The fourth-order valence-corrected chi connectivity index (χ4v) is 2.97. The van der Waals surface area contributed by atoms with E-state index in [2.05, 4.69) is 10.3 Å². The van der Waals surface area contributed by atoms with Crippen molar-refractivity contribution in [2.45, 2.75) is 26.7 Å². The molecule has 2 aromatic carbocycles. The highest BCUT2D eigenvalue weighted by molar-refractivity contribution is 6.31. The van der Waals surface area contributed by atoms with Crippen LogP contribution in [-0.4, -0.2) is 10.9 Å². The number of ether oxygens (including phenoxy) is 1. The number of halogens is 1. The lowest BCUT2D eigenvalue weighted by atomic mass is 10.1. The third-order valence-electron chi connectivity index (χ3n) is 4.46. The van der Waals surface area contributed by atoms with E-state index in [9.17, 15) is 4.79 Å². The van der Waals surface area contributed by atoms with Gasteiger partial charge in [0.05, 0.1) is 0 Å². The van der Waals surface area contributed by atoms with Crippen LogP contribution in [-0.2, 0) is 11.2 Å². The van der Waals surface area contributed by atoms with Gasteiger partial charge in [-0.1, -0.05) is 23.7 Å². The van der Waals surface area contributed by atoms with E-state index in [-0.39, 0.29) is 11.8 Å². The molecule has 1 N–H and O–H groups in total. The van der Waals surface area contributed by atoms with Crippen LogP contribution in [0.5, 0.6) is 11.6 Å². The maximum atomic E-state index is 12.3. The fourth-order valence-electron chi connectivity index (χ4n) is 2.77. The molecule has 0 aliphatic rings. The summed E-state index contributed by atoms with van der Waals surface area (Å²) in [6.45, 7) is 3.83. The van der Waals surface area contributed by atoms with Gasteiger partial charge in [-0.15, -0.1) is 0 Å². The summed E-state index contributed by atoms with van der Waals surface area (Å²) >= 11 is 6.14. The van der Waals surface area contributed by atoms with E-state index < -0.39 is 0 Å². The number of pyridine rings is 1. The Labute approximate surface area is 174 Å². The smallest absolute Gasteiger partial charge is 0.237 e. The highest BCUT2D eigenvalue weighted by Crippen LogP contribution is 2.27. The number of amides is 1. The van der Waals surface area contributed by atoms with Crippen molar-refractivity contribution in [1.29, 1.82) is 5.26 Å². The molecular weight excluding hydrogens is 386 g/mol. The number of benzene rings is 2. The zero-order valence-electron chi connectivity index (χ0n) is 16.2. The number of carbonyl (C=O) groups excluding carboxylic acids is 1. The summed E-state index contributed by atoms with van der Waals surface area (Å²) < 4.78 is 5.71. The summed E-state index contributed by atoms with van der Waals surface area (Å²) in [5.74, 6) is 0.725. The molecule has 0 bridgehead atoms. The molecule has 146 valence electrons. The first kappa shape index (κ1) is 20.4. The Kier molecular flexibility index (Phi) is 6.48. The highest BCUT2D eigenvalue weighted by atomic mass is 35.5. The summed E-state index contributed by atoms with van der Waals surface area (Å²) in [4.78, 5) is 16.4. The Bertz CT molecular complexity index is 1090. The number of nitrogens with zero attached hydrogens (tertiary/aromatic N) is 2.